The largest absolute Gasteiger partial charge is 0.480 e. The quantitative estimate of drug-likeness (QED) is 0.0230. The molecule has 1 amide bonds. The molecule has 0 unspecified atom stereocenters. The van der Waals surface area contributed by atoms with Crippen LogP contribution in [0.4, 0.5) is 0 Å². The van der Waals surface area contributed by atoms with Gasteiger partial charge in [0.2, 0.25) is 5.91 Å². The molecule has 4 N–H and O–H groups in total. The Labute approximate surface area is 453 Å². The van der Waals surface area contributed by atoms with Crippen LogP contribution < -0.4 is 11.1 Å². The molecule has 0 spiro atoms. The summed E-state index contributed by atoms with van der Waals surface area (Å²) in [4.78, 5) is 64.3. The maximum absolute atomic E-state index is 13.4. The van der Waals surface area contributed by atoms with Gasteiger partial charge in [-0.15, -0.1) is 0 Å². The zero-order chi connectivity index (χ0) is 54.3. The van der Waals surface area contributed by atoms with Crippen molar-refractivity contribution in [3.63, 3.8) is 0 Å². The Hall–Kier alpha value is -3.47. The molecule has 0 rings (SSSR count). The maximum Gasteiger partial charge on any atom is 0.320 e. The van der Waals surface area contributed by atoms with Gasteiger partial charge in [-0.25, -0.2) is 0 Å². The first kappa shape index (κ1) is 70.5. The highest BCUT2D eigenvalue weighted by molar-refractivity contribution is 5.79. The Balaban J connectivity index is 5.32. The van der Waals surface area contributed by atoms with Crippen molar-refractivity contribution in [3.05, 3.63) is 36.5 Å². The van der Waals surface area contributed by atoms with Gasteiger partial charge in [-0.1, -0.05) is 211 Å². The number of unbranched alkanes of at least 4 members (excludes halogenated alkanes) is 33. The highest BCUT2D eigenvalue weighted by atomic mass is 16.6. The molecule has 0 aromatic heterocycles. The highest BCUT2D eigenvalue weighted by Gasteiger charge is 2.38. The summed E-state index contributed by atoms with van der Waals surface area (Å²) in [5.74, 6) is -3.21. The predicted molar refractivity (Wildman–Crippen MR) is 307 cm³/mol. The van der Waals surface area contributed by atoms with Crippen molar-refractivity contribution < 1.29 is 43.3 Å². The van der Waals surface area contributed by atoms with Crippen molar-refractivity contribution in [1.82, 2.24) is 5.32 Å². The summed E-state index contributed by atoms with van der Waals surface area (Å²) in [6, 6.07) is -1.26. The lowest BCUT2D eigenvalue weighted by molar-refractivity contribution is -0.159. The minimum Gasteiger partial charge on any atom is -0.480 e. The van der Waals surface area contributed by atoms with Crippen LogP contribution in [0.15, 0.2) is 36.5 Å². The van der Waals surface area contributed by atoms with Gasteiger partial charge in [0.1, 0.15) is 31.4 Å². The first-order chi connectivity index (χ1) is 36.1. The molecule has 0 radical (unpaired) electrons. The number of allylic oxidation sites excluding steroid dienone is 6. The second-order valence-corrected chi connectivity index (χ2v) is 21.3. The van der Waals surface area contributed by atoms with Gasteiger partial charge in [0, 0.05) is 25.7 Å². The molecule has 0 heterocycles. The summed E-state index contributed by atoms with van der Waals surface area (Å²) in [5, 5.41) is 12.2. The number of amides is 1. The SMILES string of the molecule is CCCCCCCC/C=C\CCCCCCCC(=O)OCC(COC(=O)CCCCCCC/C=C\CCCCCCCC)(COC(=O)CCCCCCC/C=C\CCCCCCCC)NC(=O)CC[C@H](N)C(=O)O. The number of ether oxygens (including phenoxy) is 3. The molecular formula is C63H114N2O9. The van der Waals surface area contributed by atoms with Crippen molar-refractivity contribution in [2.45, 2.75) is 315 Å². The van der Waals surface area contributed by atoms with Gasteiger partial charge in [0.25, 0.3) is 0 Å². The van der Waals surface area contributed by atoms with Gasteiger partial charge in [-0.2, -0.15) is 0 Å². The van der Waals surface area contributed by atoms with E-state index in [9.17, 15) is 29.1 Å². The fourth-order valence-electron chi connectivity index (χ4n) is 8.89. The van der Waals surface area contributed by atoms with E-state index in [2.05, 4.69) is 62.5 Å². The molecule has 1 atom stereocenters. The molecule has 0 saturated carbocycles. The van der Waals surface area contributed by atoms with Crippen LogP contribution in [0.1, 0.15) is 303 Å². The van der Waals surface area contributed by atoms with Crippen molar-refractivity contribution in [1.29, 1.82) is 0 Å². The van der Waals surface area contributed by atoms with Gasteiger partial charge in [-0.3, -0.25) is 24.0 Å². The zero-order valence-electron chi connectivity index (χ0n) is 48.1. The third kappa shape index (κ3) is 49.4. The molecule has 11 heteroatoms. The van der Waals surface area contributed by atoms with Crippen LogP contribution in [0.2, 0.25) is 0 Å². The van der Waals surface area contributed by atoms with E-state index < -0.39 is 61.2 Å². The summed E-state index contributed by atoms with van der Waals surface area (Å²) < 4.78 is 17.3. The van der Waals surface area contributed by atoms with Crippen LogP contribution in [-0.2, 0) is 38.2 Å². The van der Waals surface area contributed by atoms with E-state index in [1.165, 1.54) is 116 Å². The Morgan fingerprint density at radius 2 is 0.635 bits per heavy atom. The number of carboxylic acids is 1. The number of hydrogen-bond donors (Lipinski definition) is 3. The highest BCUT2D eigenvalue weighted by Crippen LogP contribution is 2.18. The molecular weight excluding hydrogens is 929 g/mol. The lowest BCUT2D eigenvalue weighted by Crippen LogP contribution is -2.59. The van der Waals surface area contributed by atoms with E-state index >= 15 is 0 Å². The molecule has 0 saturated heterocycles. The van der Waals surface area contributed by atoms with E-state index in [4.69, 9.17) is 19.9 Å². The Bertz CT molecular complexity index is 1290. The van der Waals surface area contributed by atoms with Gasteiger partial charge in [0.15, 0.2) is 0 Å². The summed E-state index contributed by atoms with van der Waals surface area (Å²) in [6.45, 7) is 5.55. The van der Waals surface area contributed by atoms with Crippen LogP contribution >= 0.6 is 0 Å². The summed E-state index contributed by atoms with van der Waals surface area (Å²) in [7, 11) is 0. The Morgan fingerprint density at radius 1 is 0.392 bits per heavy atom. The topological polar surface area (TPSA) is 171 Å². The molecule has 0 aliphatic rings. The molecule has 0 fully saturated rings. The van der Waals surface area contributed by atoms with Gasteiger partial charge in [-0.05, 0) is 103 Å². The van der Waals surface area contributed by atoms with Gasteiger partial charge in [0.05, 0.1) is 0 Å². The average Bonchev–Trinajstić information content (AvgIpc) is 3.39. The monoisotopic (exact) mass is 1040 g/mol. The van der Waals surface area contributed by atoms with Crippen molar-refractivity contribution in [3.8, 4) is 0 Å². The summed E-state index contributed by atoms with van der Waals surface area (Å²) in [6.07, 6.45) is 58.4. The fourth-order valence-corrected chi connectivity index (χ4v) is 8.89. The molecule has 0 aliphatic heterocycles. The Morgan fingerprint density at radius 3 is 0.892 bits per heavy atom. The predicted octanol–water partition coefficient (Wildman–Crippen LogP) is 16.8. The van der Waals surface area contributed by atoms with Crippen molar-refractivity contribution >= 4 is 29.8 Å². The number of nitrogens with one attached hydrogen (secondary N) is 1. The number of rotatable bonds is 56. The number of nitrogens with two attached hydrogens (primary N) is 1. The molecule has 0 aromatic carbocycles. The maximum atomic E-state index is 13.4. The van der Waals surface area contributed by atoms with Gasteiger partial charge >= 0.3 is 23.9 Å². The molecule has 11 nitrogen and oxygen atoms in total. The summed E-state index contributed by atoms with van der Waals surface area (Å²) >= 11 is 0. The number of aliphatic carboxylic acids is 1. The van der Waals surface area contributed by atoms with Crippen LogP contribution in [0.5, 0.6) is 0 Å². The van der Waals surface area contributed by atoms with E-state index in [1.54, 1.807) is 0 Å². The van der Waals surface area contributed by atoms with E-state index in [1.807, 2.05) is 0 Å². The van der Waals surface area contributed by atoms with Crippen LogP contribution in [0.25, 0.3) is 0 Å². The molecule has 0 aromatic rings. The molecule has 430 valence electrons. The fraction of sp³-hybridized carbons (Fsp3) is 0.825. The number of carbonyl (C=O) groups is 5. The average molecular weight is 1040 g/mol. The van der Waals surface area contributed by atoms with E-state index in [0.717, 1.165) is 116 Å². The first-order valence-electron chi connectivity index (χ1n) is 30.8. The standard InChI is InChI=1S/C63H114N2O9/c1-4-7-10-13-16-19-22-25-28-31-34-37-40-43-46-49-59(67)72-54-63(65-58(66)53-52-57(64)62(70)71,55-73-60(68)50-47-44-41-38-35-32-29-26-23-20-17-14-11-8-5-2)56-74-61(69)51-48-45-42-39-36-33-30-27-24-21-18-15-12-9-6-3/h25-30,57H,4-24,31-56,64H2,1-3H3,(H,65,66)(H,70,71)/b28-25-,29-26-,30-27-/t57-/m0/s1. The van der Waals surface area contributed by atoms with Crippen LogP contribution in [0, 0.1) is 0 Å². The van der Waals surface area contributed by atoms with Crippen molar-refractivity contribution in [2.75, 3.05) is 19.8 Å². The van der Waals surface area contributed by atoms with E-state index in [0.29, 0.717) is 19.3 Å². The van der Waals surface area contributed by atoms with Crippen LogP contribution in [0.3, 0.4) is 0 Å². The number of carbonyl (C=O) groups excluding carboxylic acids is 4. The zero-order valence-corrected chi connectivity index (χ0v) is 48.1. The smallest absolute Gasteiger partial charge is 0.320 e. The van der Waals surface area contributed by atoms with Crippen molar-refractivity contribution in [2.24, 2.45) is 5.73 Å². The minimum absolute atomic E-state index is 0.142. The number of carboxylic acid groups (broad SMARTS) is 1. The third-order valence-corrected chi connectivity index (χ3v) is 13.9. The van der Waals surface area contributed by atoms with E-state index in [-0.39, 0.29) is 32.1 Å². The van der Waals surface area contributed by atoms with Gasteiger partial charge < -0.3 is 30.4 Å². The normalized spacial score (nSPS) is 12.3. The lowest BCUT2D eigenvalue weighted by atomic mass is 10.0. The third-order valence-electron chi connectivity index (χ3n) is 13.9. The number of hydrogen-bond acceptors (Lipinski definition) is 9. The second-order valence-electron chi connectivity index (χ2n) is 21.3. The molecule has 74 heavy (non-hydrogen) atoms. The first-order valence-corrected chi connectivity index (χ1v) is 30.8. The molecule has 0 bridgehead atoms. The Kier molecular flexibility index (Phi) is 51.8. The number of esters is 3. The minimum atomic E-state index is -1.58. The lowest BCUT2D eigenvalue weighted by Gasteiger charge is -2.33. The molecule has 0 aliphatic carbocycles. The van der Waals surface area contributed by atoms with Crippen LogP contribution in [-0.4, -0.2) is 66.3 Å². The second kappa shape index (κ2) is 54.3. The summed E-state index contributed by atoms with van der Waals surface area (Å²) in [5.41, 5.74) is 4.13.